The number of hydrogen-bond donors (Lipinski definition) is 1. The van der Waals surface area contributed by atoms with Crippen LogP contribution in [0.3, 0.4) is 0 Å². The van der Waals surface area contributed by atoms with E-state index in [1.807, 2.05) is 24.7 Å². The zero-order valence-corrected chi connectivity index (χ0v) is 10.5. The van der Waals surface area contributed by atoms with Gasteiger partial charge in [-0.3, -0.25) is 0 Å². The van der Waals surface area contributed by atoms with Crippen molar-refractivity contribution < 1.29 is 0 Å². The molecule has 1 fully saturated rings. The fourth-order valence-corrected chi connectivity index (χ4v) is 2.39. The van der Waals surface area contributed by atoms with Crippen molar-refractivity contribution in [3.05, 3.63) is 34.2 Å². The summed E-state index contributed by atoms with van der Waals surface area (Å²) in [4.78, 5) is 13.4. The van der Waals surface area contributed by atoms with Crippen molar-refractivity contribution in [3.63, 3.8) is 0 Å². The summed E-state index contributed by atoms with van der Waals surface area (Å²) >= 11 is 1.67. The largest absolute Gasteiger partial charge is 0.373 e. The van der Waals surface area contributed by atoms with Gasteiger partial charge >= 0.3 is 0 Å². The standard InChI is InChI=1S/C12H14N4S/c1-13-10-6-9(7-11-14-4-5-17-11)15-12(16-10)8-2-3-8/h4-6,8H,2-3,7H2,1H3,(H,13,15,16). The molecule has 0 aromatic carbocycles. The Balaban J connectivity index is 1.89. The van der Waals surface area contributed by atoms with Gasteiger partial charge in [0.15, 0.2) is 0 Å². The van der Waals surface area contributed by atoms with Gasteiger partial charge in [-0.05, 0) is 12.8 Å². The number of rotatable bonds is 4. The molecule has 2 aromatic rings. The van der Waals surface area contributed by atoms with Gasteiger partial charge in [0.2, 0.25) is 0 Å². The molecule has 0 bridgehead atoms. The van der Waals surface area contributed by atoms with E-state index in [2.05, 4.69) is 20.3 Å². The van der Waals surface area contributed by atoms with E-state index in [4.69, 9.17) is 0 Å². The fraction of sp³-hybridized carbons (Fsp3) is 0.417. The SMILES string of the molecule is CNc1cc(Cc2nccs2)nc(C2CC2)n1. The number of thiazole rings is 1. The van der Waals surface area contributed by atoms with Gasteiger partial charge < -0.3 is 5.32 Å². The topological polar surface area (TPSA) is 50.7 Å². The molecule has 5 heteroatoms. The van der Waals surface area contributed by atoms with Crippen molar-refractivity contribution in [1.29, 1.82) is 0 Å². The Kier molecular flexibility index (Phi) is 2.76. The normalized spacial score (nSPS) is 14.9. The molecule has 2 heterocycles. The average Bonchev–Trinajstić information content (AvgIpc) is 3.09. The van der Waals surface area contributed by atoms with E-state index in [9.17, 15) is 0 Å². The van der Waals surface area contributed by atoms with Crippen molar-refractivity contribution >= 4 is 17.2 Å². The minimum Gasteiger partial charge on any atom is -0.373 e. The first kappa shape index (κ1) is 10.7. The van der Waals surface area contributed by atoms with Gasteiger partial charge in [-0.2, -0.15) is 0 Å². The summed E-state index contributed by atoms with van der Waals surface area (Å²) < 4.78 is 0. The minimum atomic E-state index is 0.582. The van der Waals surface area contributed by atoms with Crippen LogP contribution in [0.15, 0.2) is 17.6 Å². The van der Waals surface area contributed by atoms with E-state index in [0.29, 0.717) is 5.92 Å². The highest BCUT2D eigenvalue weighted by atomic mass is 32.1. The molecule has 0 atom stereocenters. The van der Waals surface area contributed by atoms with Crippen molar-refractivity contribution in [2.45, 2.75) is 25.2 Å². The monoisotopic (exact) mass is 246 g/mol. The molecule has 0 amide bonds. The van der Waals surface area contributed by atoms with Crippen LogP contribution in [-0.2, 0) is 6.42 Å². The van der Waals surface area contributed by atoms with Gasteiger partial charge in [0.25, 0.3) is 0 Å². The fourth-order valence-electron chi connectivity index (χ4n) is 1.76. The van der Waals surface area contributed by atoms with Crippen LogP contribution in [-0.4, -0.2) is 22.0 Å². The Labute approximate surface area is 104 Å². The van der Waals surface area contributed by atoms with Crippen LogP contribution in [0.4, 0.5) is 5.82 Å². The summed E-state index contributed by atoms with van der Waals surface area (Å²) in [7, 11) is 1.90. The Hall–Kier alpha value is -1.49. The van der Waals surface area contributed by atoms with Crippen LogP contribution in [0.25, 0.3) is 0 Å². The predicted molar refractivity (Wildman–Crippen MR) is 68.5 cm³/mol. The molecular weight excluding hydrogens is 232 g/mol. The van der Waals surface area contributed by atoms with Crippen LogP contribution in [0.1, 0.15) is 35.3 Å². The molecule has 3 rings (SSSR count). The Morgan fingerprint density at radius 1 is 1.41 bits per heavy atom. The van der Waals surface area contributed by atoms with Gasteiger partial charge in [-0.25, -0.2) is 15.0 Å². The van der Waals surface area contributed by atoms with E-state index < -0.39 is 0 Å². The quantitative estimate of drug-likeness (QED) is 0.900. The van der Waals surface area contributed by atoms with E-state index in [0.717, 1.165) is 28.8 Å². The maximum absolute atomic E-state index is 4.63. The molecule has 0 spiro atoms. The molecule has 88 valence electrons. The van der Waals surface area contributed by atoms with Crippen molar-refractivity contribution in [3.8, 4) is 0 Å². The summed E-state index contributed by atoms with van der Waals surface area (Å²) in [6, 6.07) is 2.01. The molecule has 0 aliphatic heterocycles. The lowest BCUT2D eigenvalue weighted by molar-refractivity contribution is 0.887. The van der Waals surface area contributed by atoms with Crippen molar-refractivity contribution in [1.82, 2.24) is 15.0 Å². The molecular formula is C12H14N4S. The predicted octanol–water partition coefficient (Wildman–Crippen LogP) is 2.44. The van der Waals surface area contributed by atoms with E-state index in [1.54, 1.807) is 11.3 Å². The lowest BCUT2D eigenvalue weighted by atomic mass is 10.2. The van der Waals surface area contributed by atoms with Crippen LogP contribution >= 0.6 is 11.3 Å². The van der Waals surface area contributed by atoms with Crippen LogP contribution in [0.5, 0.6) is 0 Å². The molecule has 1 aliphatic rings. The number of hydrogen-bond acceptors (Lipinski definition) is 5. The summed E-state index contributed by atoms with van der Waals surface area (Å²) in [5.74, 6) is 2.48. The number of anilines is 1. The Bertz CT molecular complexity index is 505. The highest BCUT2D eigenvalue weighted by molar-refractivity contribution is 7.09. The van der Waals surface area contributed by atoms with Crippen LogP contribution in [0, 0.1) is 0 Å². The third-order valence-electron chi connectivity index (χ3n) is 2.81. The van der Waals surface area contributed by atoms with Crippen molar-refractivity contribution in [2.75, 3.05) is 12.4 Å². The molecule has 1 N–H and O–H groups in total. The summed E-state index contributed by atoms with van der Waals surface area (Å²) in [6.07, 6.45) is 5.09. The zero-order chi connectivity index (χ0) is 11.7. The van der Waals surface area contributed by atoms with Crippen molar-refractivity contribution in [2.24, 2.45) is 0 Å². The molecule has 1 aliphatic carbocycles. The third-order valence-corrected chi connectivity index (χ3v) is 3.59. The molecule has 0 unspecified atom stereocenters. The van der Waals surface area contributed by atoms with E-state index >= 15 is 0 Å². The number of nitrogens with zero attached hydrogens (tertiary/aromatic N) is 3. The average molecular weight is 246 g/mol. The molecule has 0 radical (unpaired) electrons. The van der Waals surface area contributed by atoms with E-state index in [1.165, 1.54) is 12.8 Å². The van der Waals surface area contributed by atoms with Crippen LogP contribution in [0.2, 0.25) is 0 Å². The van der Waals surface area contributed by atoms with Gasteiger partial charge in [0, 0.05) is 37.0 Å². The second-order valence-corrected chi connectivity index (χ2v) is 5.21. The van der Waals surface area contributed by atoms with Gasteiger partial charge in [-0.1, -0.05) is 0 Å². The smallest absolute Gasteiger partial charge is 0.134 e. The Morgan fingerprint density at radius 2 is 2.29 bits per heavy atom. The summed E-state index contributed by atoms with van der Waals surface area (Å²) in [6.45, 7) is 0. The summed E-state index contributed by atoms with van der Waals surface area (Å²) in [5.41, 5.74) is 1.06. The van der Waals surface area contributed by atoms with Gasteiger partial charge in [-0.15, -0.1) is 11.3 Å². The minimum absolute atomic E-state index is 0.582. The van der Waals surface area contributed by atoms with E-state index in [-0.39, 0.29) is 0 Å². The second kappa shape index (κ2) is 4.41. The molecule has 17 heavy (non-hydrogen) atoms. The molecule has 2 aromatic heterocycles. The highest BCUT2D eigenvalue weighted by Gasteiger charge is 2.27. The Morgan fingerprint density at radius 3 is 2.94 bits per heavy atom. The maximum atomic E-state index is 4.63. The first-order valence-electron chi connectivity index (χ1n) is 5.79. The lowest BCUT2D eigenvalue weighted by Crippen LogP contribution is -2.03. The number of aromatic nitrogens is 3. The zero-order valence-electron chi connectivity index (χ0n) is 9.68. The lowest BCUT2D eigenvalue weighted by Gasteiger charge is -2.06. The maximum Gasteiger partial charge on any atom is 0.134 e. The first-order chi connectivity index (χ1) is 8.35. The number of nitrogens with one attached hydrogen (secondary N) is 1. The molecule has 0 saturated heterocycles. The summed E-state index contributed by atoms with van der Waals surface area (Å²) in [5, 5.41) is 6.20. The first-order valence-corrected chi connectivity index (χ1v) is 6.67. The highest BCUT2D eigenvalue weighted by Crippen LogP contribution is 2.38. The van der Waals surface area contributed by atoms with Gasteiger partial charge in [0.1, 0.15) is 11.6 Å². The van der Waals surface area contributed by atoms with Crippen LogP contribution < -0.4 is 5.32 Å². The molecule has 4 nitrogen and oxygen atoms in total. The second-order valence-electron chi connectivity index (χ2n) is 4.23. The third kappa shape index (κ3) is 2.44. The molecule has 1 saturated carbocycles. The van der Waals surface area contributed by atoms with Gasteiger partial charge in [0.05, 0.1) is 10.7 Å².